The fraction of sp³-hybridized carbons (Fsp3) is 0.200. The standard InChI is InChI=1S/C20H20N6O5/c1-11-3-5-14(29-2)13(7-11)23-20(28)18-19(21)26(25-24-18)9-17(27)22-12-4-6-15-16(8-12)31-10-30-15/h3-8H,9-10,21H2,1-2H3,(H,22,27)(H,23,28). The molecule has 1 aliphatic rings. The summed E-state index contributed by atoms with van der Waals surface area (Å²) in [6, 6.07) is 10.4. The van der Waals surface area contributed by atoms with Gasteiger partial charge in [0.2, 0.25) is 12.7 Å². The van der Waals surface area contributed by atoms with Gasteiger partial charge in [0.05, 0.1) is 12.8 Å². The van der Waals surface area contributed by atoms with Crippen LogP contribution in [0.1, 0.15) is 16.1 Å². The van der Waals surface area contributed by atoms with Gasteiger partial charge >= 0.3 is 0 Å². The molecule has 0 radical (unpaired) electrons. The van der Waals surface area contributed by atoms with E-state index >= 15 is 0 Å². The number of methoxy groups -OCH3 is 1. The van der Waals surface area contributed by atoms with Crippen molar-refractivity contribution >= 4 is 29.0 Å². The van der Waals surface area contributed by atoms with Gasteiger partial charge in [-0.15, -0.1) is 5.10 Å². The van der Waals surface area contributed by atoms with Crippen LogP contribution in [-0.2, 0) is 11.3 Å². The second kappa shape index (κ2) is 8.22. The molecule has 0 unspecified atom stereocenters. The van der Waals surface area contributed by atoms with Crippen molar-refractivity contribution in [3.8, 4) is 17.2 Å². The number of amides is 2. The molecule has 31 heavy (non-hydrogen) atoms. The minimum absolute atomic E-state index is 0.0371. The average Bonchev–Trinajstić information content (AvgIpc) is 3.34. The third-order valence-electron chi connectivity index (χ3n) is 4.54. The van der Waals surface area contributed by atoms with Crippen LogP contribution in [0, 0.1) is 6.92 Å². The second-order valence-corrected chi connectivity index (χ2v) is 6.76. The number of carbonyl (C=O) groups excluding carboxylic acids is 2. The number of anilines is 3. The van der Waals surface area contributed by atoms with Gasteiger partial charge in [-0.25, -0.2) is 4.68 Å². The van der Waals surface area contributed by atoms with Gasteiger partial charge in [0.25, 0.3) is 5.91 Å². The molecule has 2 heterocycles. The van der Waals surface area contributed by atoms with Crippen LogP contribution in [0.3, 0.4) is 0 Å². The number of nitrogens with zero attached hydrogens (tertiary/aromatic N) is 3. The van der Waals surface area contributed by atoms with Crippen LogP contribution >= 0.6 is 0 Å². The highest BCUT2D eigenvalue weighted by atomic mass is 16.7. The fourth-order valence-corrected chi connectivity index (χ4v) is 3.01. The lowest BCUT2D eigenvalue weighted by Crippen LogP contribution is -2.21. The predicted octanol–water partition coefficient (Wildman–Crippen LogP) is 1.80. The van der Waals surface area contributed by atoms with Crippen molar-refractivity contribution < 1.29 is 23.8 Å². The van der Waals surface area contributed by atoms with Crippen LogP contribution < -0.4 is 30.6 Å². The molecule has 4 N–H and O–H groups in total. The van der Waals surface area contributed by atoms with Crippen LogP contribution in [0.15, 0.2) is 36.4 Å². The molecule has 11 heteroatoms. The molecular formula is C20H20N6O5. The maximum Gasteiger partial charge on any atom is 0.280 e. The molecular weight excluding hydrogens is 404 g/mol. The molecule has 0 saturated heterocycles. The van der Waals surface area contributed by atoms with E-state index in [1.165, 1.54) is 7.11 Å². The van der Waals surface area contributed by atoms with Crippen LogP contribution in [0.5, 0.6) is 17.2 Å². The molecule has 1 aliphatic heterocycles. The van der Waals surface area contributed by atoms with Gasteiger partial charge in [0.15, 0.2) is 23.0 Å². The van der Waals surface area contributed by atoms with Crippen LogP contribution in [-0.4, -0.2) is 40.7 Å². The lowest BCUT2D eigenvalue weighted by molar-refractivity contribution is -0.116. The number of ether oxygens (including phenoxy) is 3. The number of nitrogens with two attached hydrogens (primary N) is 1. The fourth-order valence-electron chi connectivity index (χ4n) is 3.01. The van der Waals surface area contributed by atoms with E-state index in [9.17, 15) is 9.59 Å². The van der Waals surface area contributed by atoms with Gasteiger partial charge in [0.1, 0.15) is 12.3 Å². The topological polar surface area (TPSA) is 143 Å². The molecule has 2 aromatic carbocycles. The zero-order chi connectivity index (χ0) is 22.0. The average molecular weight is 424 g/mol. The Labute approximate surface area is 177 Å². The van der Waals surface area contributed by atoms with Crippen LogP contribution in [0.2, 0.25) is 0 Å². The Balaban J connectivity index is 1.43. The molecule has 1 aromatic heterocycles. The molecule has 4 rings (SSSR count). The number of hydrogen-bond donors (Lipinski definition) is 3. The summed E-state index contributed by atoms with van der Waals surface area (Å²) in [5.41, 5.74) is 7.84. The van der Waals surface area contributed by atoms with Crippen LogP contribution in [0.4, 0.5) is 17.2 Å². The molecule has 0 bridgehead atoms. The highest BCUT2D eigenvalue weighted by Gasteiger charge is 2.21. The van der Waals surface area contributed by atoms with Crippen molar-refractivity contribution in [3.63, 3.8) is 0 Å². The summed E-state index contributed by atoms with van der Waals surface area (Å²) in [5.74, 6) is 0.646. The minimum Gasteiger partial charge on any atom is -0.495 e. The van der Waals surface area contributed by atoms with E-state index in [-0.39, 0.29) is 24.8 Å². The number of benzene rings is 2. The summed E-state index contributed by atoms with van der Waals surface area (Å²) in [6.07, 6.45) is 0. The molecule has 11 nitrogen and oxygen atoms in total. The van der Waals surface area contributed by atoms with Gasteiger partial charge < -0.3 is 30.6 Å². The maximum atomic E-state index is 12.6. The van der Waals surface area contributed by atoms with Crippen molar-refractivity contribution in [2.45, 2.75) is 13.5 Å². The molecule has 0 saturated carbocycles. The number of carbonyl (C=O) groups is 2. The van der Waals surface area contributed by atoms with Gasteiger partial charge in [-0.3, -0.25) is 9.59 Å². The van der Waals surface area contributed by atoms with Crippen molar-refractivity contribution in [1.82, 2.24) is 15.0 Å². The Morgan fingerprint density at radius 2 is 1.97 bits per heavy atom. The van der Waals surface area contributed by atoms with E-state index in [4.69, 9.17) is 19.9 Å². The normalized spacial score (nSPS) is 11.8. The predicted molar refractivity (Wildman–Crippen MR) is 111 cm³/mol. The Bertz CT molecular complexity index is 1160. The van der Waals surface area contributed by atoms with E-state index in [1.54, 1.807) is 30.3 Å². The van der Waals surface area contributed by atoms with Gasteiger partial charge in [-0.1, -0.05) is 11.3 Å². The largest absolute Gasteiger partial charge is 0.495 e. The van der Waals surface area contributed by atoms with E-state index in [0.29, 0.717) is 28.6 Å². The summed E-state index contributed by atoms with van der Waals surface area (Å²) in [6.45, 7) is 1.80. The molecule has 160 valence electrons. The first-order valence-electron chi connectivity index (χ1n) is 9.29. The van der Waals surface area contributed by atoms with Crippen molar-refractivity contribution in [3.05, 3.63) is 47.7 Å². The number of nitrogens with one attached hydrogen (secondary N) is 2. The quantitative estimate of drug-likeness (QED) is 0.544. The summed E-state index contributed by atoms with van der Waals surface area (Å²) in [4.78, 5) is 25.0. The highest BCUT2D eigenvalue weighted by Crippen LogP contribution is 2.34. The SMILES string of the molecule is COc1ccc(C)cc1NC(=O)c1nnn(CC(=O)Nc2ccc3c(c2)OCO3)c1N. The monoisotopic (exact) mass is 424 g/mol. The highest BCUT2D eigenvalue weighted by molar-refractivity contribution is 6.06. The van der Waals surface area contributed by atoms with Gasteiger partial charge in [-0.2, -0.15) is 0 Å². The smallest absolute Gasteiger partial charge is 0.280 e. The van der Waals surface area contributed by atoms with E-state index < -0.39 is 11.8 Å². The van der Waals surface area contributed by atoms with E-state index in [2.05, 4.69) is 20.9 Å². The molecule has 0 spiro atoms. The number of rotatable bonds is 6. The van der Waals surface area contributed by atoms with E-state index in [0.717, 1.165) is 10.2 Å². The molecule has 0 aliphatic carbocycles. The van der Waals surface area contributed by atoms with Crippen molar-refractivity contribution in [1.29, 1.82) is 0 Å². The first kappa shape index (κ1) is 20.0. The molecule has 3 aromatic rings. The Hall–Kier alpha value is -4.28. The molecule has 0 fully saturated rings. The Kier molecular flexibility index (Phi) is 5.31. The minimum atomic E-state index is -0.566. The van der Waals surface area contributed by atoms with Crippen LogP contribution in [0.25, 0.3) is 0 Å². The summed E-state index contributed by atoms with van der Waals surface area (Å²) in [7, 11) is 1.50. The zero-order valence-electron chi connectivity index (χ0n) is 16.8. The Morgan fingerprint density at radius 1 is 1.16 bits per heavy atom. The number of nitrogen functional groups attached to an aromatic ring is 1. The van der Waals surface area contributed by atoms with Crippen molar-refractivity contribution in [2.24, 2.45) is 0 Å². The molecule has 0 atom stereocenters. The second-order valence-electron chi connectivity index (χ2n) is 6.76. The first-order chi connectivity index (χ1) is 14.9. The zero-order valence-corrected chi connectivity index (χ0v) is 16.8. The van der Waals surface area contributed by atoms with Gasteiger partial charge in [0, 0.05) is 11.8 Å². The number of hydrogen-bond acceptors (Lipinski definition) is 8. The Morgan fingerprint density at radius 3 is 2.77 bits per heavy atom. The third kappa shape index (κ3) is 4.20. The lowest BCUT2D eigenvalue weighted by Gasteiger charge is -2.10. The number of fused-ring (bicyclic) bond motifs is 1. The van der Waals surface area contributed by atoms with Gasteiger partial charge in [-0.05, 0) is 36.8 Å². The maximum absolute atomic E-state index is 12.6. The summed E-state index contributed by atoms with van der Waals surface area (Å²) >= 11 is 0. The van der Waals surface area contributed by atoms with Crippen molar-refractivity contribution in [2.75, 3.05) is 30.3 Å². The summed E-state index contributed by atoms with van der Waals surface area (Å²) < 4.78 is 16.9. The lowest BCUT2D eigenvalue weighted by atomic mass is 10.2. The molecule has 2 amide bonds. The third-order valence-corrected chi connectivity index (χ3v) is 4.54. The summed E-state index contributed by atoms with van der Waals surface area (Å²) in [5, 5.41) is 13.1. The number of aromatic nitrogens is 3. The first-order valence-corrected chi connectivity index (χ1v) is 9.29. The van der Waals surface area contributed by atoms with E-state index in [1.807, 2.05) is 13.0 Å². The number of aryl methyl sites for hydroxylation is 1.